The number of urea groups is 1. The fraction of sp³-hybridized carbons (Fsp3) is 0.643. The van der Waals surface area contributed by atoms with Gasteiger partial charge >= 0.3 is 6.03 Å². The van der Waals surface area contributed by atoms with E-state index in [1.54, 1.807) is 23.3 Å². The van der Waals surface area contributed by atoms with E-state index in [1.807, 2.05) is 12.3 Å². The topological polar surface area (TPSA) is 74.3 Å². The smallest absolute Gasteiger partial charge is 0.316 e. The first kappa shape index (κ1) is 14.3. The summed E-state index contributed by atoms with van der Waals surface area (Å²) in [6, 6.07) is -0.695. The Bertz CT molecular complexity index is 555. The van der Waals surface area contributed by atoms with Crippen LogP contribution in [-0.2, 0) is 4.79 Å². The van der Waals surface area contributed by atoms with Crippen molar-refractivity contribution in [2.75, 3.05) is 13.6 Å². The molecule has 1 saturated heterocycles. The largest absolute Gasteiger partial charge is 0.344 e. The molecule has 0 spiro atoms. The Kier molecular flexibility index (Phi) is 3.84. The minimum atomic E-state index is -0.395. The summed E-state index contributed by atoms with van der Waals surface area (Å²) >= 11 is 1.58. The van der Waals surface area contributed by atoms with Crippen LogP contribution in [0.3, 0.4) is 0 Å². The van der Waals surface area contributed by atoms with Gasteiger partial charge in [0.25, 0.3) is 0 Å². The van der Waals surface area contributed by atoms with E-state index >= 15 is 0 Å². The standard InChI is InChI=1S/C14H20N4O2S/c1-8-7-21-12(15-8)11(9-3-4-9)17-14(20)16-10-5-6-18(2)13(10)19/h7,9-11H,3-6H2,1-2H3,(H2,16,17,20)/t10-,11-/m1/s1. The normalized spacial score (nSPS) is 23.2. The third-order valence-corrected chi connectivity index (χ3v) is 5.06. The summed E-state index contributed by atoms with van der Waals surface area (Å²) in [4.78, 5) is 30.1. The van der Waals surface area contributed by atoms with Crippen LogP contribution < -0.4 is 10.6 Å². The molecule has 1 aliphatic heterocycles. The molecule has 1 saturated carbocycles. The van der Waals surface area contributed by atoms with E-state index in [4.69, 9.17) is 0 Å². The number of amides is 3. The molecule has 21 heavy (non-hydrogen) atoms. The van der Waals surface area contributed by atoms with Crippen molar-refractivity contribution in [3.05, 3.63) is 16.1 Å². The highest BCUT2D eigenvalue weighted by Gasteiger charge is 2.36. The van der Waals surface area contributed by atoms with Gasteiger partial charge in [-0.05, 0) is 32.1 Å². The Balaban J connectivity index is 1.61. The number of aryl methyl sites for hydroxylation is 1. The van der Waals surface area contributed by atoms with Crippen LogP contribution in [-0.4, -0.2) is 41.5 Å². The van der Waals surface area contributed by atoms with Crippen LogP contribution in [0.4, 0.5) is 4.79 Å². The number of hydrogen-bond acceptors (Lipinski definition) is 4. The molecule has 0 aromatic carbocycles. The molecule has 1 aromatic heterocycles. The Morgan fingerprint density at radius 3 is 2.76 bits per heavy atom. The lowest BCUT2D eigenvalue weighted by Crippen LogP contribution is -2.46. The number of carbonyl (C=O) groups is 2. The summed E-state index contributed by atoms with van der Waals surface area (Å²) in [5, 5.41) is 8.74. The molecule has 0 unspecified atom stereocenters. The van der Waals surface area contributed by atoms with Crippen molar-refractivity contribution in [3.8, 4) is 0 Å². The molecule has 1 aromatic rings. The summed E-state index contributed by atoms with van der Waals surface area (Å²) in [6.45, 7) is 2.65. The van der Waals surface area contributed by atoms with Crippen molar-refractivity contribution in [2.45, 2.75) is 38.3 Å². The molecule has 0 bridgehead atoms. The summed E-state index contributed by atoms with van der Waals surface area (Å²) in [7, 11) is 1.76. The van der Waals surface area contributed by atoms with Crippen LogP contribution in [0, 0.1) is 12.8 Å². The van der Waals surface area contributed by atoms with Gasteiger partial charge in [0.15, 0.2) is 0 Å². The third-order valence-electron chi connectivity index (χ3n) is 4.02. The van der Waals surface area contributed by atoms with Gasteiger partial charge in [0.05, 0.1) is 6.04 Å². The van der Waals surface area contributed by atoms with Crippen LogP contribution >= 0.6 is 11.3 Å². The number of nitrogens with one attached hydrogen (secondary N) is 2. The minimum Gasteiger partial charge on any atom is -0.344 e. The molecule has 1 aliphatic carbocycles. The van der Waals surface area contributed by atoms with E-state index in [-0.39, 0.29) is 18.0 Å². The summed E-state index contributed by atoms with van der Waals surface area (Å²) in [6.07, 6.45) is 2.91. The molecular formula is C14H20N4O2S. The number of thiazole rings is 1. The van der Waals surface area contributed by atoms with E-state index in [0.717, 1.165) is 23.5 Å². The van der Waals surface area contributed by atoms with Crippen LogP contribution in [0.2, 0.25) is 0 Å². The van der Waals surface area contributed by atoms with E-state index in [2.05, 4.69) is 15.6 Å². The van der Waals surface area contributed by atoms with Crippen LogP contribution in [0.5, 0.6) is 0 Å². The highest BCUT2D eigenvalue weighted by molar-refractivity contribution is 7.09. The number of likely N-dealkylation sites (N-methyl/N-ethyl adjacent to an activating group) is 1. The number of likely N-dealkylation sites (tertiary alicyclic amines) is 1. The first-order valence-electron chi connectivity index (χ1n) is 7.28. The monoisotopic (exact) mass is 308 g/mol. The molecule has 2 heterocycles. The third kappa shape index (κ3) is 3.18. The van der Waals surface area contributed by atoms with Crippen molar-refractivity contribution in [2.24, 2.45) is 5.92 Å². The lowest BCUT2D eigenvalue weighted by atomic mass is 10.2. The molecule has 2 fully saturated rings. The molecule has 7 heteroatoms. The molecule has 3 rings (SSSR count). The summed E-state index contributed by atoms with van der Waals surface area (Å²) < 4.78 is 0. The highest BCUT2D eigenvalue weighted by Crippen LogP contribution is 2.41. The number of aromatic nitrogens is 1. The number of rotatable bonds is 4. The Labute approximate surface area is 127 Å². The molecule has 3 amide bonds. The van der Waals surface area contributed by atoms with Gasteiger partial charge in [0.2, 0.25) is 5.91 Å². The fourth-order valence-corrected chi connectivity index (χ4v) is 3.56. The second-order valence-corrected chi connectivity index (χ2v) is 6.75. The lowest BCUT2D eigenvalue weighted by molar-refractivity contribution is -0.128. The second-order valence-electron chi connectivity index (χ2n) is 5.86. The predicted molar refractivity (Wildman–Crippen MR) is 80.0 cm³/mol. The maximum Gasteiger partial charge on any atom is 0.316 e. The Hall–Kier alpha value is -1.63. The zero-order chi connectivity index (χ0) is 15.0. The van der Waals surface area contributed by atoms with Gasteiger partial charge in [-0.2, -0.15) is 0 Å². The molecule has 6 nitrogen and oxygen atoms in total. The zero-order valence-electron chi connectivity index (χ0n) is 12.3. The average Bonchev–Trinajstić information content (AvgIpc) is 3.14. The van der Waals surface area contributed by atoms with E-state index < -0.39 is 6.04 Å². The van der Waals surface area contributed by atoms with Crippen molar-refractivity contribution >= 4 is 23.3 Å². The molecule has 2 atom stereocenters. The molecule has 0 radical (unpaired) electrons. The SMILES string of the molecule is Cc1csc([C@H](NC(=O)N[C@@H]2CCN(C)C2=O)C2CC2)n1. The van der Waals surface area contributed by atoms with Gasteiger partial charge in [0.1, 0.15) is 11.0 Å². The molecule has 2 N–H and O–H groups in total. The van der Waals surface area contributed by atoms with Crippen molar-refractivity contribution in [1.29, 1.82) is 0 Å². The van der Waals surface area contributed by atoms with Gasteiger partial charge in [-0.1, -0.05) is 0 Å². The van der Waals surface area contributed by atoms with Crippen molar-refractivity contribution in [1.82, 2.24) is 20.5 Å². The van der Waals surface area contributed by atoms with Crippen LogP contribution in [0.1, 0.15) is 36.0 Å². The minimum absolute atomic E-state index is 0.0155. The second kappa shape index (κ2) is 5.63. The first-order chi connectivity index (χ1) is 10.0. The first-order valence-corrected chi connectivity index (χ1v) is 8.16. The number of hydrogen-bond donors (Lipinski definition) is 2. The maximum absolute atomic E-state index is 12.2. The highest BCUT2D eigenvalue weighted by atomic mass is 32.1. The molecule has 114 valence electrons. The summed E-state index contributed by atoms with van der Waals surface area (Å²) in [5.74, 6) is 0.460. The van der Waals surface area contributed by atoms with Crippen LogP contribution in [0.25, 0.3) is 0 Å². The van der Waals surface area contributed by atoms with Crippen molar-refractivity contribution in [3.63, 3.8) is 0 Å². The van der Waals surface area contributed by atoms with Gasteiger partial charge in [0, 0.05) is 24.7 Å². The van der Waals surface area contributed by atoms with Gasteiger partial charge in [-0.25, -0.2) is 9.78 Å². The Morgan fingerprint density at radius 2 is 2.24 bits per heavy atom. The van der Waals surface area contributed by atoms with E-state index in [0.29, 0.717) is 18.9 Å². The fourth-order valence-electron chi connectivity index (χ4n) is 2.62. The van der Waals surface area contributed by atoms with Crippen LogP contribution in [0.15, 0.2) is 5.38 Å². The quantitative estimate of drug-likeness (QED) is 0.883. The molecular weight excluding hydrogens is 288 g/mol. The van der Waals surface area contributed by atoms with Gasteiger partial charge in [-0.15, -0.1) is 11.3 Å². The summed E-state index contributed by atoms with van der Waals surface area (Å²) in [5.41, 5.74) is 0.982. The molecule has 2 aliphatic rings. The number of carbonyl (C=O) groups excluding carboxylic acids is 2. The van der Waals surface area contributed by atoms with Crippen molar-refractivity contribution < 1.29 is 9.59 Å². The van der Waals surface area contributed by atoms with Gasteiger partial charge in [-0.3, -0.25) is 4.79 Å². The predicted octanol–water partition coefficient (Wildman–Crippen LogP) is 1.43. The number of nitrogens with zero attached hydrogens (tertiary/aromatic N) is 2. The zero-order valence-corrected chi connectivity index (χ0v) is 13.1. The average molecular weight is 308 g/mol. The lowest BCUT2D eigenvalue weighted by Gasteiger charge is -2.18. The Morgan fingerprint density at radius 1 is 1.48 bits per heavy atom. The maximum atomic E-state index is 12.2. The van der Waals surface area contributed by atoms with Gasteiger partial charge < -0.3 is 15.5 Å². The van der Waals surface area contributed by atoms with E-state index in [9.17, 15) is 9.59 Å². The van der Waals surface area contributed by atoms with E-state index in [1.165, 1.54) is 0 Å².